The Morgan fingerprint density at radius 3 is 2.58 bits per heavy atom. The number of nitrogens with one attached hydrogen (secondary N) is 2. The molecule has 2 aromatic carbocycles. The highest BCUT2D eigenvalue weighted by molar-refractivity contribution is 14.0. The number of aliphatic imine (C=N–C) groups is 1. The van der Waals surface area contributed by atoms with Gasteiger partial charge in [0.25, 0.3) is 0 Å². The van der Waals surface area contributed by atoms with E-state index in [1.807, 2.05) is 32.0 Å². The molecule has 2 rings (SSSR count). The van der Waals surface area contributed by atoms with E-state index < -0.39 is 0 Å². The summed E-state index contributed by atoms with van der Waals surface area (Å²) in [5.74, 6) is 1.42. The van der Waals surface area contributed by atoms with Crippen molar-refractivity contribution in [2.24, 2.45) is 4.99 Å². The second kappa shape index (κ2) is 11.6. The SMILES string of the molecule is CCNC(=NCc1cccc(C)c1)NCc1ccc(O)c(OCC)c1.I. The standard InChI is InChI=1S/C20H27N3O2.HI/c1-4-21-20(22-13-16-8-6-7-15(3)11-16)23-14-17-9-10-18(24)19(12-17)25-5-2;/h6-12,24H,4-5,13-14H2,1-3H3,(H2,21,22,23);1H. The molecular weight excluding hydrogens is 441 g/mol. The number of ether oxygens (including phenoxy) is 1. The zero-order chi connectivity index (χ0) is 18.1. The number of hydrogen-bond acceptors (Lipinski definition) is 3. The Kier molecular flexibility index (Phi) is 9.87. The summed E-state index contributed by atoms with van der Waals surface area (Å²) in [6.45, 7) is 8.54. The first-order valence-corrected chi connectivity index (χ1v) is 8.64. The van der Waals surface area contributed by atoms with Crippen molar-refractivity contribution < 1.29 is 9.84 Å². The predicted octanol–water partition coefficient (Wildman–Crippen LogP) is 3.97. The van der Waals surface area contributed by atoms with Crippen LogP contribution in [0.25, 0.3) is 0 Å². The number of nitrogens with zero attached hydrogens (tertiary/aromatic N) is 1. The third-order valence-electron chi connectivity index (χ3n) is 3.63. The van der Waals surface area contributed by atoms with Gasteiger partial charge in [0.1, 0.15) is 0 Å². The van der Waals surface area contributed by atoms with Crippen molar-refractivity contribution in [1.82, 2.24) is 10.6 Å². The fourth-order valence-corrected chi connectivity index (χ4v) is 2.45. The van der Waals surface area contributed by atoms with Crippen molar-refractivity contribution in [1.29, 1.82) is 0 Å². The number of hydrogen-bond donors (Lipinski definition) is 3. The van der Waals surface area contributed by atoms with Crippen molar-refractivity contribution in [3.63, 3.8) is 0 Å². The van der Waals surface area contributed by atoms with Crippen molar-refractivity contribution in [2.75, 3.05) is 13.2 Å². The average Bonchev–Trinajstić information content (AvgIpc) is 2.60. The van der Waals surface area contributed by atoms with E-state index in [9.17, 15) is 5.11 Å². The number of aryl methyl sites for hydroxylation is 1. The van der Waals surface area contributed by atoms with Crippen LogP contribution in [0.1, 0.15) is 30.5 Å². The molecule has 0 saturated heterocycles. The maximum absolute atomic E-state index is 9.78. The summed E-state index contributed by atoms with van der Waals surface area (Å²) in [5, 5.41) is 16.3. The van der Waals surface area contributed by atoms with Gasteiger partial charge in [0.05, 0.1) is 13.2 Å². The number of aromatic hydroxyl groups is 1. The molecule has 0 aliphatic rings. The third kappa shape index (κ3) is 7.11. The highest BCUT2D eigenvalue weighted by atomic mass is 127. The van der Waals surface area contributed by atoms with Crippen LogP contribution in [0.4, 0.5) is 0 Å². The number of benzene rings is 2. The summed E-state index contributed by atoms with van der Waals surface area (Å²) >= 11 is 0. The van der Waals surface area contributed by atoms with Gasteiger partial charge in [-0.05, 0) is 44.0 Å². The van der Waals surface area contributed by atoms with Crippen LogP contribution in [0, 0.1) is 6.92 Å². The normalized spacial score (nSPS) is 10.8. The van der Waals surface area contributed by atoms with Crippen LogP contribution >= 0.6 is 24.0 Å². The summed E-state index contributed by atoms with van der Waals surface area (Å²) in [6.07, 6.45) is 0. The minimum Gasteiger partial charge on any atom is -0.504 e. The Balaban J connectivity index is 0.00000338. The molecule has 0 heterocycles. The van der Waals surface area contributed by atoms with Gasteiger partial charge in [-0.1, -0.05) is 35.9 Å². The molecule has 0 radical (unpaired) electrons. The Morgan fingerprint density at radius 1 is 1.08 bits per heavy atom. The largest absolute Gasteiger partial charge is 0.504 e. The van der Waals surface area contributed by atoms with Crippen LogP contribution in [0.5, 0.6) is 11.5 Å². The smallest absolute Gasteiger partial charge is 0.191 e. The van der Waals surface area contributed by atoms with Gasteiger partial charge in [-0.25, -0.2) is 4.99 Å². The molecule has 3 N–H and O–H groups in total. The van der Waals surface area contributed by atoms with Crippen LogP contribution in [0.3, 0.4) is 0 Å². The maximum atomic E-state index is 9.78. The fraction of sp³-hybridized carbons (Fsp3) is 0.350. The van der Waals surface area contributed by atoms with Gasteiger partial charge in [0.2, 0.25) is 0 Å². The van der Waals surface area contributed by atoms with Crippen LogP contribution in [-0.4, -0.2) is 24.2 Å². The van der Waals surface area contributed by atoms with Crippen molar-refractivity contribution in [3.8, 4) is 11.5 Å². The second-order valence-corrected chi connectivity index (χ2v) is 5.77. The maximum Gasteiger partial charge on any atom is 0.191 e. The fourth-order valence-electron chi connectivity index (χ4n) is 2.45. The summed E-state index contributed by atoms with van der Waals surface area (Å²) in [7, 11) is 0. The summed E-state index contributed by atoms with van der Waals surface area (Å²) in [5.41, 5.74) is 3.43. The van der Waals surface area contributed by atoms with Gasteiger partial charge in [0.15, 0.2) is 17.5 Å². The number of rotatable bonds is 7. The lowest BCUT2D eigenvalue weighted by Gasteiger charge is -2.13. The van der Waals surface area contributed by atoms with Crippen LogP contribution in [0.2, 0.25) is 0 Å². The zero-order valence-electron chi connectivity index (χ0n) is 15.6. The minimum absolute atomic E-state index is 0. The molecule has 6 heteroatoms. The summed E-state index contributed by atoms with van der Waals surface area (Å²) in [6, 6.07) is 13.7. The van der Waals surface area contributed by atoms with Gasteiger partial charge in [-0.3, -0.25) is 0 Å². The lowest BCUT2D eigenvalue weighted by atomic mass is 10.1. The molecule has 142 valence electrons. The Morgan fingerprint density at radius 2 is 1.88 bits per heavy atom. The quantitative estimate of drug-likeness (QED) is 0.326. The van der Waals surface area contributed by atoms with E-state index in [1.54, 1.807) is 6.07 Å². The highest BCUT2D eigenvalue weighted by Crippen LogP contribution is 2.26. The van der Waals surface area contributed by atoms with Crippen molar-refractivity contribution in [3.05, 3.63) is 59.2 Å². The third-order valence-corrected chi connectivity index (χ3v) is 3.63. The molecule has 0 saturated carbocycles. The van der Waals surface area contributed by atoms with E-state index in [-0.39, 0.29) is 29.7 Å². The van der Waals surface area contributed by atoms with Crippen LogP contribution < -0.4 is 15.4 Å². The first-order chi connectivity index (χ1) is 12.1. The predicted molar refractivity (Wildman–Crippen MR) is 118 cm³/mol. The van der Waals surface area contributed by atoms with E-state index in [4.69, 9.17) is 4.74 Å². The highest BCUT2D eigenvalue weighted by Gasteiger charge is 2.04. The van der Waals surface area contributed by atoms with Gasteiger partial charge in [-0.15, -0.1) is 24.0 Å². The lowest BCUT2D eigenvalue weighted by molar-refractivity contribution is 0.317. The van der Waals surface area contributed by atoms with Gasteiger partial charge in [0, 0.05) is 13.1 Å². The molecular formula is C20H28IN3O2. The molecule has 0 aromatic heterocycles. The Bertz CT molecular complexity index is 720. The molecule has 0 aliphatic carbocycles. The number of phenolic OH excluding ortho intramolecular Hbond substituents is 1. The lowest BCUT2D eigenvalue weighted by Crippen LogP contribution is -2.36. The van der Waals surface area contributed by atoms with E-state index in [0.29, 0.717) is 25.4 Å². The van der Waals surface area contributed by atoms with Gasteiger partial charge < -0.3 is 20.5 Å². The number of halogens is 1. The molecule has 0 fully saturated rings. The monoisotopic (exact) mass is 469 g/mol. The molecule has 0 atom stereocenters. The van der Waals surface area contributed by atoms with Crippen molar-refractivity contribution >= 4 is 29.9 Å². The van der Waals surface area contributed by atoms with E-state index in [2.05, 4.69) is 40.7 Å². The van der Waals surface area contributed by atoms with Crippen LogP contribution in [0.15, 0.2) is 47.5 Å². The molecule has 0 aliphatic heterocycles. The van der Waals surface area contributed by atoms with E-state index in [1.165, 1.54) is 11.1 Å². The molecule has 0 bridgehead atoms. The number of guanidine groups is 1. The molecule has 5 nitrogen and oxygen atoms in total. The van der Waals surface area contributed by atoms with Gasteiger partial charge >= 0.3 is 0 Å². The molecule has 0 unspecified atom stereocenters. The molecule has 0 spiro atoms. The van der Waals surface area contributed by atoms with E-state index in [0.717, 1.165) is 18.1 Å². The van der Waals surface area contributed by atoms with E-state index >= 15 is 0 Å². The topological polar surface area (TPSA) is 65.9 Å². The zero-order valence-corrected chi connectivity index (χ0v) is 17.9. The van der Waals surface area contributed by atoms with Crippen LogP contribution in [-0.2, 0) is 13.1 Å². The minimum atomic E-state index is 0. The van der Waals surface area contributed by atoms with Crippen molar-refractivity contribution in [2.45, 2.75) is 33.9 Å². The number of phenols is 1. The Labute approximate surface area is 172 Å². The first kappa shape index (κ1) is 22.1. The molecule has 2 aromatic rings. The summed E-state index contributed by atoms with van der Waals surface area (Å²) in [4.78, 5) is 4.63. The second-order valence-electron chi connectivity index (χ2n) is 5.77. The average molecular weight is 469 g/mol. The first-order valence-electron chi connectivity index (χ1n) is 8.64. The Hall–Kier alpha value is -1.96. The molecule has 26 heavy (non-hydrogen) atoms. The van der Waals surface area contributed by atoms with Gasteiger partial charge in [-0.2, -0.15) is 0 Å². The summed E-state index contributed by atoms with van der Waals surface area (Å²) < 4.78 is 5.42. The molecule has 0 amide bonds.